The lowest BCUT2D eigenvalue weighted by Crippen LogP contribution is -2.07. The van der Waals surface area contributed by atoms with Gasteiger partial charge in [-0.15, -0.1) is 0 Å². The van der Waals surface area contributed by atoms with Gasteiger partial charge in [-0.05, 0) is 56.2 Å². The highest BCUT2D eigenvalue weighted by Crippen LogP contribution is 2.27. The minimum atomic E-state index is -0.322. The van der Waals surface area contributed by atoms with Crippen LogP contribution in [0.3, 0.4) is 0 Å². The second-order valence-corrected chi connectivity index (χ2v) is 5.97. The van der Waals surface area contributed by atoms with Crippen molar-refractivity contribution in [1.82, 2.24) is 9.97 Å². The summed E-state index contributed by atoms with van der Waals surface area (Å²) >= 11 is 12.0. The van der Waals surface area contributed by atoms with Crippen LogP contribution in [0.25, 0.3) is 0 Å². The van der Waals surface area contributed by atoms with Gasteiger partial charge in [0.1, 0.15) is 28.1 Å². The molecule has 0 saturated carbocycles. The number of halogens is 2. The Balaban J connectivity index is 2.34. The molecule has 1 aromatic heterocycles. The number of ether oxygens (including phenoxy) is 1. The zero-order valence-electron chi connectivity index (χ0n) is 14.2. The Morgan fingerprint density at radius 2 is 1.92 bits per heavy atom. The van der Waals surface area contributed by atoms with Gasteiger partial charge in [0.25, 0.3) is 0 Å². The Labute approximate surface area is 157 Å². The summed E-state index contributed by atoms with van der Waals surface area (Å²) in [6.07, 6.45) is 7.86. The Morgan fingerprint density at radius 3 is 2.48 bits per heavy atom. The van der Waals surface area contributed by atoms with Crippen molar-refractivity contribution in [2.24, 2.45) is 0 Å². The van der Waals surface area contributed by atoms with E-state index in [-0.39, 0.29) is 21.7 Å². The predicted molar refractivity (Wildman–Crippen MR) is 100 cm³/mol. The highest BCUT2D eigenvalue weighted by Gasteiger charge is 2.20. The SMILES string of the molecule is C/C=C\C(=C/CC)Oc1ccc(C(=O)c2c(Cl)ncnc2Cl)c(C)c1. The van der Waals surface area contributed by atoms with E-state index in [0.717, 1.165) is 17.7 Å². The number of benzene rings is 1. The van der Waals surface area contributed by atoms with Crippen LogP contribution in [0.1, 0.15) is 41.8 Å². The van der Waals surface area contributed by atoms with Gasteiger partial charge in [-0.2, -0.15) is 0 Å². The van der Waals surface area contributed by atoms with Crippen LogP contribution in [0.2, 0.25) is 10.3 Å². The van der Waals surface area contributed by atoms with Gasteiger partial charge in [-0.1, -0.05) is 36.2 Å². The number of carbonyl (C=O) groups is 1. The third-order valence-electron chi connectivity index (χ3n) is 3.40. The van der Waals surface area contributed by atoms with E-state index >= 15 is 0 Å². The molecule has 0 atom stereocenters. The average molecular weight is 377 g/mol. The number of hydrogen-bond donors (Lipinski definition) is 0. The number of ketones is 1. The number of nitrogens with zero attached hydrogens (tertiary/aromatic N) is 2. The summed E-state index contributed by atoms with van der Waals surface area (Å²) in [5.41, 5.74) is 1.32. The van der Waals surface area contributed by atoms with Gasteiger partial charge in [-0.3, -0.25) is 4.79 Å². The van der Waals surface area contributed by atoms with Crippen LogP contribution >= 0.6 is 23.2 Å². The summed E-state index contributed by atoms with van der Waals surface area (Å²) in [7, 11) is 0. The molecule has 0 fully saturated rings. The molecule has 0 bridgehead atoms. The Morgan fingerprint density at radius 1 is 1.24 bits per heavy atom. The van der Waals surface area contributed by atoms with Gasteiger partial charge in [-0.25, -0.2) is 9.97 Å². The molecule has 0 N–H and O–H groups in total. The fraction of sp³-hybridized carbons (Fsp3) is 0.211. The topological polar surface area (TPSA) is 52.1 Å². The van der Waals surface area contributed by atoms with Gasteiger partial charge in [0, 0.05) is 5.56 Å². The monoisotopic (exact) mass is 376 g/mol. The molecule has 2 rings (SSSR count). The lowest BCUT2D eigenvalue weighted by atomic mass is 10.0. The van der Waals surface area contributed by atoms with Crippen molar-refractivity contribution in [1.29, 1.82) is 0 Å². The van der Waals surface area contributed by atoms with Crippen molar-refractivity contribution in [2.45, 2.75) is 27.2 Å². The predicted octanol–water partition coefficient (Wildman–Crippen LogP) is 5.57. The molecule has 0 amide bonds. The maximum Gasteiger partial charge on any atom is 0.199 e. The molecule has 0 spiro atoms. The lowest BCUT2D eigenvalue weighted by Gasteiger charge is -2.11. The summed E-state index contributed by atoms with van der Waals surface area (Å²) in [6, 6.07) is 5.22. The van der Waals surface area contributed by atoms with Crippen LogP contribution in [-0.4, -0.2) is 15.8 Å². The summed E-state index contributed by atoms with van der Waals surface area (Å²) in [4.78, 5) is 20.4. The first-order valence-corrected chi connectivity index (χ1v) is 8.55. The molecule has 0 aliphatic heterocycles. The van der Waals surface area contributed by atoms with Crippen molar-refractivity contribution in [2.75, 3.05) is 0 Å². The summed E-state index contributed by atoms with van der Waals surface area (Å²) in [6.45, 7) is 5.79. The molecule has 0 aliphatic rings. The van der Waals surface area contributed by atoms with Crippen LogP contribution < -0.4 is 4.74 Å². The van der Waals surface area contributed by atoms with E-state index in [2.05, 4.69) is 9.97 Å². The van der Waals surface area contributed by atoms with Gasteiger partial charge in [0.05, 0.1) is 5.56 Å². The maximum atomic E-state index is 12.7. The first-order chi connectivity index (χ1) is 12.0. The first kappa shape index (κ1) is 19.2. The smallest absolute Gasteiger partial charge is 0.199 e. The normalized spacial score (nSPS) is 11.8. The molecule has 2 aromatic rings. The number of carbonyl (C=O) groups excluding carboxylic acids is 1. The van der Waals surface area contributed by atoms with E-state index in [0.29, 0.717) is 11.3 Å². The zero-order valence-corrected chi connectivity index (χ0v) is 15.7. The average Bonchev–Trinajstić information content (AvgIpc) is 2.55. The van der Waals surface area contributed by atoms with Crippen molar-refractivity contribution in [3.8, 4) is 5.75 Å². The van der Waals surface area contributed by atoms with E-state index in [1.807, 2.05) is 39.0 Å². The molecule has 4 nitrogen and oxygen atoms in total. The van der Waals surface area contributed by atoms with Crippen molar-refractivity contribution < 1.29 is 9.53 Å². The Bertz CT molecular complexity index is 825. The van der Waals surface area contributed by atoms with E-state index in [4.69, 9.17) is 27.9 Å². The first-order valence-electron chi connectivity index (χ1n) is 7.80. The second-order valence-electron chi connectivity index (χ2n) is 5.25. The summed E-state index contributed by atoms with van der Waals surface area (Å²) in [5.74, 6) is 1.08. The fourth-order valence-corrected chi connectivity index (χ4v) is 2.75. The maximum absolute atomic E-state index is 12.7. The van der Waals surface area contributed by atoms with Crippen LogP contribution in [-0.2, 0) is 0 Å². The molecule has 0 radical (unpaired) electrons. The summed E-state index contributed by atoms with van der Waals surface area (Å²) in [5, 5.41) is 0.0666. The van der Waals surface area contributed by atoms with E-state index in [1.165, 1.54) is 6.33 Å². The number of aromatic nitrogens is 2. The van der Waals surface area contributed by atoms with E-state index < -0.39 is 0 Å². The zero-order chi connectivity index (χ0) is 18.4. The molecule has 1 heterocycles. The number of allylic oxidation sites excluding steroid dienone is 3. The lowest BCUT2D eigenvalue weighted by molar-refractivity contribution is 0.103. The summed E-state index contributed by atoms with van der Waals surface area (Å²) < 4.78 is 5.85. The molecule has 0 saturated heterocycles. The fourth-order valence-electron chi connectivity index (χ4n) is 2.27. The third-order valence-corrected chi connectivity index (χ3v) is 3.97. The number of rotatable bonds is 6. The molecule has 130 valence electrons. The molecular weight excluding hydrogens is 359 g/mol. The van der Waals surface area contributed by atoms with Crippen LogP contribution in [0.15, 0.2) is 48.5 Å². The third kappa shape index (κ3) is 4.68. The highest BCUT2D eigenvalue weighted by molar-refractivity contribution is 6.39. The Kier molecular flexibility index (Phi) is 6.73. The number of aryl methyl sites for hydroxylation is 1. The molecule has 0 aliphatic carbocycles. The standard InChI is InChI=1S/C19H18Cl2N2O2/c1-4-6-13(7-5-2)25-14-8-9-15(12(3)10-14)17(24)16-18(20)22-11-23-19(16)21/h4,6-11H,5H2,1-3H3/b6-4-,13-7+. The van der Waals surface area contributed by atoms with Gasteiger partial charge in [0.15, 0.2) is 5.78 Å². The Hall–Kier alpha value is -2.17. The molecule has 25 heavy (non-hydrogen) atoms. The largest absolute Gasteiger partial charge is 0.458 e. The molecule has 1 aromatic carbocycles. The van der Waals surface area contributed by atoms with E-state index in [1.54, 1.807) is 18.2 Å². The second kappa shape index (κ2) is 8.79. The van der Waals surface area contributed by atoms with Crippen LogP contribution in [0.4, 0.5) is 0 Å². The van der Waals surface area contributed by atoms with Crippen molar-refractivity contribution in [3.63, 3.8) is 0 Å². The van der Waals surface area contributed by atoms with Gasteiger partial charge >= 0.3 is 0 Å². The van der Waals surface area contributed by atoms with Crippen LogP contribution in [0, 0.1) is 6.92 Å². The molecular formula is C19H18Cl2N2O2. The van der Waals surface area contributed by atoms with Gasteiger partial charge in [0.2, 0.25) is 0 Å². The van der Waals surface area contributed by atoms with Crippen LogP contribution in [0.5, 0.6) is 5.75 Å². The molecule has 6 heteroatoms. The van der Waals surface area contributed by atoms with Crippen molar-refractivity contribution in [3.05, 3.63) is 75.5 Å². The minimum Gasteiger partial charge on any atom is -0.458 e. The van der Waals surface area contributed by atoms with Gasteiger partial charge < -0.3 is 4.74 Å². The molecule has 0 unspecified atom stereocenters. The van der Waals surface area contributed by atoms with E-state index in [9.17, 15) is 4.79 Å². The minimum absolute atomic E-state index is 0.0333. The highest BCUT2D eigenvalue weighted by atomic mass is 35.5. The van der Waals surface area contributed by atoms with Crippen molar-refractivity contribution >= 4 is 29.0 Å². The quantitative estimate of drug-likeness (QED) is 0.286. The number of hydrogen-bond acceptors (Lipinski definition) is 4.